The number of hydrogen-bond acceptors (Lipinski definition) is 4. The van der Waals surface area contributed by atoms with Gasteiger partial charge in [0.15, 0.2) is 10.7 Å². The van der Waals surface area contributed by atoms with E-state index in [-0.39, 0.29) is 5.78 Å². The summed E-state index contributed by atoms with van der Waals surface area (Å²) in [6.45, 7) is 1.82. The number of aryl methyl sites for hydroxylation is 1. The molecular formula is C19H14N2O2S. The number of benzene rings is 1. The Morgan fingerprint density at radius 1 is 1.21 bits per heavy atom. The summed E-state index contributed by atoms with van der Waals surface area (Å²) in [6.07, 6.45) is 5.29. The summed E-state index contributed by atoms with van der Waals surface area (Å²) in [5.41, 5.74) is 2.77. The maximum Gasteiger partial charge on any atom is 0.221 e. The molecule has 4 aromatic rings. The van der Waals surface area contributed by atoms with Crippen molar-refractivity contribution < 1.29 is 9.21 Å². The molecule has 0 fully saturated rings. The SMILES string of the molecule is Cc1ccc(C(=O)/C=C/c2c(-c3ccccc3)nc3sccn23)o1. The van der Waals surface area contributed by atoms with Crippen LogP contribution < -0.4 is 0 Å². The molecule has 0 saturated heterocycles. The lowest BCUT2D eigenvalue weighted by Gasteiger charge is -1.99. The Bertz CT molecular complexity index is 1040. The van der Waals surface area contributed by atoms with Gasteiger partial charge in [0.2, 0.25) is 5.78 Å². The first-order chi connectivity index (χ1) is 11.7. The molecular weight excluding hydrogens is 320 g/mol. The molecule has 3 heterocycles. The normalized spacial score (nSPS) is 11.5. The number of ketones is 1. The number of fused-ring (bicyclic) bond motifs is 1. The van der Waals surface area contributed by atoms with E-state index in [0.29, 0.717) is 5.76 Å². The van der Waals surface area contributed by atoms with E-state index in [4.69, 9.17) is 9.40 Å². The topological polar surface area (TPSA) is 47.5 Å². The van der Waals surface area contributed by atoms with E-state index in [1.807, 2.05) is 53.2 Å². The van der Waals surface area contributed by atoms with Crippen LogP contribution >= 0.6 is 11.3 Å². The van der Waals surface area contributed by atoms with Gasteiger partial charge in [-0.2, -0.15) is 0 Å². The summed E-state index contributed by atoms with van der Waals surface area (Å²) in [6, 6.07) is 13.4. The molecule has 0 spiro atoms. The first kappa shape index (κ1) is 14.7. The van der Waals surface area contributed by atoms with Gasteiger partial charge in [-0.1, -0.05) is 30.3 Å². The van der Waals surface area contributed by atoms with Gasteiger partial charge in [0.25, 0.3) is 0 Å². The van der Waals surface area contributed by atoms with Crippen molar-refractivity contribution in [3.8, 4) is 11.3 Å². The lowest BCUT2D eigenvalue weighted by Crippen LogP contribution is -1.92. The molecule has 0 aliphatic heterocycles. The zero-order valence-electron chi connectivity index (χ0n) is 13.0. The van der Waals surface area contributed by atoms with Gasteiger partial charge >= 0.3 is 0 Å². The summed E-state index contributed by atoms with van der Waals surface area (Å²) in [4.78, 5) is 17.9. The smallest absolute Gasteiger partial charge is 0.221 e. The van der Waals surface area contributed by atoms with E-state index >= 15 is 0 Å². The molecule has 0 saturated carbocycles. The Morgan fingerprint density at radius 2 is 2.04 bits per heavy atom. The predicted octanol–water partition coefficient (Wildman–Crippen LogP) is 4.86. The third-order valence-electron chi connectivity index (χ3n) is 3.72. The van der Waals surface area contributed by atoms with Crippen molar-refractivity contribution in [1.82, 2.24) is 9.38 Å². The Kier molecular flexibility index (Phi) is 3.63. The minimum absolute atomic E-state index is 0.160. The van der Waals surface area contributed by atoms with Crippen LogP contribution in [-0.2, 0) is 0 Å². The number of rotatable bonds is 4. The second kappa shape index (κ2) is 5.94. The van der Waals surface area contributed by atoms with Crippen molar-refractivity contribution in [2.24, 2.45) is 0 Å². The van der Waals surface area contributed by atoms with E-state index in [1.165, 1.54) is 6.08 Å². The molecule has 0 N–H and O–H groups in total. The van der Waals surface area contributed by atoms with E-state index in [9.17, 15) is 4.79 Å². The summed E-state index contributed by atoms with van der Waals surface area (Å²) >= 11 is 1.57. The molecule has 3 aromatic heterocycles. The van der Waals surface area contributed by atoms with Crippen molar-refractivity contribution in [3.05, 3.63) is 77.3 Å². The number of nitrogens with zero attached hydrogens (tertiary/aromatic N) is 2. The van der Waals surface area contributed by atoms with Crippen LogP contribution in [0.3, 0.4) is 0 Å². The highest BCUT2D eigenvalue weighted by molar-refractivity contribution is 7.15. The lowest BCUT2D eigenvalue weighted by molar-refractivity contribution is 0.102. The minimum Gasteiger partial charge on any atom is -0.458 e. The Morgan fingerprint density at radius 3 is 2.79 bits per heavy atom. The highest BCUT2D eigenvalue weighted by Crippen LogP contribution is 2.27. The zero-order valence-corrected chi connectivity index (χ0v) is 13.8. The van der Waals surface area contributed by atoms with E-state index in [1.54, 1.807) is 29.5 Å². The third kappa shape index (κ3) is 2.59. The van der Waals surface area contributed by atoms with Gasteiger partial charge in [-0.15, -0.1) is 11.3 Å². The van der Waals surface area contributed by atoms with E-state index in [2.05, 4.69) is 0 Å². The molecule has 4 nitrogen and oxygen atoms in total. The number of hydrogen-bond donors (Lipinski definition) is 0. The van der Waals surface area contributed by atoms with Crippen LogP contribution in [0.5, 0.6) is 0 Å². The highest BCUT2D eigenvalue weighted by Gasteiger charge is 2.13. The molecule has 0 atom stereocenters. The second-order valence-electron chi connectivity index (χ2n) is 5.38. The quantitative estimate of drug-likeness (QED) is 0.395. The fourth-order valence-electron chi connectivity index (χ4n) is 2.57. The molecule has 0 unspecified atom stereocenters. The summed E-state index contributed by atoms with van der Waals surface area (Å²) in [7, 11) is 0. The van der Waals surface area contributed by atoms with Crippen LogP contribution in [0.15, 0.2) is 64.5 Å². The molecule has 1 aromatic carbocycles. The molecule has 0 aliphatic carbocycles. The maximum atomic E-state index is 12.3. The van der Waals surface area contributed by atoms with Crippen LogP contribution in [0.2, 0.25) is 0 Å². The molecule has 0 radical (unpaired) electrons. The van der Waals surface area contributed by atoms with Crippen LogP contribution in [-0.4, -0.2) is 15.2 Å². The number of imidazole rings is 1. The monoisotopic (exact) mass is 334 g/mol. The largest absolute Gasteiger partial charge is 0.458 e. The van der Waals surface area contributed by atoms with Crippen molar-refractivity contribution in [2.75, 3.05) is 0 Å². The standard InChI is InChI=1S/C19H14N2O2S/c1-13-7-10-17(23-13)16(22)9-8-15-18(14-5-3-2-4-6-14)20-19-21(15)11-12-24-19/h2-12H,1H3/b9-8+. The Hall–Kier alpha value is -2.92. The molecule has 0 amide bonds. The first-order valence-electron chi connectivity index (χ1n) is 7.52. The second-order valence-corrected chi connectivity index (χ2v) is 6.25. The van der Waals surface area contributed by atoms with Gasteiger partial charge in [0, 0.05) is 17.1 Å². The van der Waals surface area contributed by atoms with Crippen molar-refractivity contribution in [2.45, 2.75) is 6.92 Å². The molecule has 118 valence electrons. The van der Waals surface area contributed by atoms with Gasteiger partial charge in [-0.05, 0) is 31.2 Å². The number of thiazole rings is 1. The van der Waals surface area contributed by atoms with Gasteiger partial charge in [-0.25, -0.2) is 4.98 Å². The van der Waals surface area contributed by atoms with Crippen molar-refractivity contribution >= 4 is 28.2 Å². The number of allylic oxidation sites excluding steroid dienone is 1. The van der Waals surface area contributed by atoms with Crippen molar-refractivity contribution in [3.63, 3.8) is 0 Å². The fraction of sp³-hybridized carbons (Fsp3) is 0.0526. The molecule has 24 heavy (non-hydrogen) atoms. The summed E-state index contributed by atoms with van der Waals surface area (Å²) in [5.74, 6) is 0.907. The minimum atomic E-state index is -0.160. The summed E-state index contributed by atoms with van der Waals surface area (Å²) in [5, 5.41) is 1.98. The molecule has 0 aliphatic rings. The average molecular weight is 334 g/mol. The van der Waals surface area contributed by atoms with Gasteiger partial charge in [-0.3, -0.25) is 9.20 Å². The first-order valence-corrected chi connectivity index (χ1v) is 8.40. The van der Waals surface area contributed by atoms with Crippen molar-refractivity contribution in [1.29, 1.82) is 0 Å². The Labute approximate surface area is 142 Å². The van der Waals surface area contributed by atoms with Crippen LogP contribution in [0.4, 0.5) is 0 Å². The zero-order chi connectivity index (χ0) is 16.5. The third-order valence-corrected chi connectivity index (χ3v) is 4.48. The number of furan rings is 1. The number of aromatic nitrogens is 2. The number of carbonyl (C=O) groups is 1. The average Bonchev–Trinajstić information content (AvgIpc) is 3.29. The van der Waals surface area contributed by atoms with Crippen LogP contribution in [0.1, 0.15) is 22.0 Å². The molecule has 4 rings (SSSR count). The van der Waals surface area contributed by atoms with E-state index in [0.717, 1.165) is 27.7 Å². The Balaban J connectivity index is 1.76. The lowest BCUT2D eigenvalue weighted by atomic mass is 10.1. The highest BCUT2D eigenvalue weighted by atomic mass is 32.1. The van der Waals surface area contributed by atoms with Gasteiger partial charge in [0.05, 0.1) is 11.4 Å². The molecule has 0 bridgehead atoms. The van der Waals surface area contributed by atoms with Gasteiger partial charge in [0.1, 0.15) is 5.76 Å². The van der Waals surface area contributed by atoms with Crippen LogP contribution in [0, 0.1) is 6.92 Å². The fourth-order valence-corrected chi connectivity index (χ4v) is 3.30. The molecule has 5 heteroatoms. The summed E-state index contributed by atoms with van der Waals surface area (Å²) < 4.78 is 7.37. The predicted molar refractivity (Wildman–Crippen MR) is 95.3 cm³/mol. The number of carbonyl (C=O) groups excluding carboxylic acids is 1. The maximum absolute atomic E-state index is 12.3. The van der Waals surface area contributed by atoms with Crippen LogP contribution in [0.25, 0.3) is 22.3 Å². The van der Waals surface area contributed by atoms with Gasteiger partial charge < -0.3 is 4.42 Å². The van der Waals surface area contributed by atoms with E-state index < -0.39 is 0 Å².